The van der Waals surface area contributed by atoms with Crippen molar-refractivity contribution >= 4 is 15.9 Å². The van der Waals surface area contributed by atoms with E-state index in [0.717, 1.165) is 31.7 Å². The number of hydrogen-bond acceptors (Lipinski definition) is 5. The van der Waals surface area contributed by atoms with E-state index in [1.807, 2.05) is 23.1 Å². The molecule has 0 aliphatic carbocycles. The second kappa shape index (κ2) is 7.16. The molecule has 0 N–H and O–H groups in total. The molecule has 2 aliphatic heterocycles. The maximum absolute atomic E-state index is 12.7. The number of aromatic nitrogens is 1. The zero-order valence-corrected chi connectivity index (χ0v) is 14.8. The van der Waals surface area contributed by atoms with Gasteiger partial charge in [0.2, 0.25) is 15.9 Å². The average Bonchev–Trinajstić information content (AvgIpc) is 3.06. The summed E-state index contributed by atoms with van der Waals surface area (Å²) in [5.41, 5.74) is 1.02. The number of piperazine rings is 1. The standard InChI is InChI=1S/C16H24N4O3S/c1-24(22,23)20-8-4-6-15(20)16(21)19-11-9-18(10-12-19)13-14-5-2-3-7-17-14/h2-3,5,7,15H,4,6,8-13H2,1H3. The molecule has 3 rings (SSSR count). The van der Waals surface area contributed by atoms with E-state index in [-0.39, 0.29) is 5.91 Å². The van der Waals surface area contributed by atoms with Crippen LogP contribution in [0.15, 0.2) is 24.4 Å². The zero-order valence-electron chi connectivity index (χ0n) is 14.0. The van der Waals surface area contributed by atoms with Gasteiger partial charge in [0.1, 0.15) is 6.04 Å². The van der Waals surface area contributed by atoms with Gasteiger partial charge in [-0.25, -0.2) is 8.42 Å². The van der Waals surface area contributed by atoms with Crippen LogP contribution >= 0.6 is 0 Å². The van der Waals surface area contributed by atoms with Crippen molar-refractivity contribution in [3.63, 3.8) is 0 Å². The zero-order chi connectivity index (χ0) is 17.2. The number of carbonyl (C=O) groups is 1. The minimum Gasteiger partial charge on any atom is -0.339 e. The summed E-state index contributed by atoms with van der Waals surface area (Å²) in [6.45, 7) is 4.08. The summed E-state index contributed by atoms with van der Waals surface area (Å²) in [5.74, 6) is -0.0459. The van der Waals surface area contributed by atoms with Crippen LogP contribution in [-0.2, 0) is 21.4 Å². The fourth-order valence-corrected chi connectivity index (χ4v) is 4.56. The maximum atomic E-state index is 12.7. The highest BCUT2D eigenvalue weighted by atomic mass is 32.2. The lowest BCUT2D eigenvalue weighted by molar-refractivity contribution is -0.136. The molecular formula is C16H24N4O3S. The van der Waals surface area contributed by atoms with Gasteiger partial charge >= 0.3 is 0 Å². The van der Waals surface area contributed by atoms with Crippen LogP contribution in [0.3, 0.4) is 0 Å². The summed E-state index contributed by atoms with van der Waals surface area (Å²) in [7, 11) is -3.32. The highest BCUT2D eigenvalue weighted by Crippen LogP contribution is 2.22. The van der Waals surface area contributed by atoms with Gasteiger partial charge in [0.25, 0.3) is 0 Å². The molecule has 1 aromatic rings. The lowest BCUT2D eigenvalue weighted by Gasteiger charge is -2.36. The number of nitrogens with zero attached hydrogens (tertiary/aromatic N) is 4. The quantitative estimate of drug-likeness (QED) is 0.771. The molecule has 2 aliphatic rings. The Hall–Kier alpha value is -1.51. The first-order valence-electron chi connectivity index (χ1n) is 8.33. The molecule has 0 radical (unpaired) electrons. The van der Waals surface area contributed by atoms with Gasteiger partial charge in [-0.05, 0) is 25.0 Å². The molecule has 1 amide bonds. The number of pyridine rings is 1. The van der Waals surface area contributed by atoms with Gasteiger partial charge in [0, 0.05) is 45.5 Å². The molecule has 24 heavy (non-hydrogen) atoms. The third-order valence-electron chi connectivity index (χ3n) is 4.71. The molecule has 132 valence electrons. The molecule has 1 unspecified atom stereocenters. The summed E-state index contributed by atoms with van der Waals surface area (Å²) in [6.07, 6.45) is 4.35. The van der Waals surface area contributed by atoms with E-state index < -0.39 is 16.1 Å². The number of rotatable bonds is 4. The lowest BCUT2D eigenvalue weighted by atomic mass is 10.2. The lowest BCUT2D eigenvalue weighted by Crippen LogP contribution is -2.54. The van der Waals surface area contributed by atoms with E-state index in [1.165, 1.54) is 10.6 Å². The highest BCUT2D eigenvalue weighted by Gasteiger charge is 2.39. The molecule has 1 atom stereocenters. The van der Waals surface area contributed by atoms with Crippen molar-refractivity contribution in [1.29, 1.82) is 0 Å². The Labute approximate surface area is 143 Å². The van der Waals surface area contributed by atoms with Gasteiger partial charge in [0.05, 0.1) is 11.9 Å². The normalized spacial score (nSPS) is 23.5. The minimum absolute atomic E-state index is 0.0459. The monoisotopic (exact) mass is 352 g/mol. The Balaban J connectivity index is 1.55. The van der Waals surface area contributed by atoms with E-state index >= 15 is 0 Å². The molecule has 3 heterocycles. The Morgan fingerprint density at radius 1 is 1.21 bits per heavy atom. The van der Waals surface area contributed by atoms with E-state index in [1.54, 1.807) is 6.20 Å². The molecular weight excluding hydrogens is 328 g/mol. The second-order valence-electron chi connectivity index (χ2n) is 6.45. The van der Waals surface area contributed by atoms with Crippen LogP contribution in [0.2, 0.25) is 0 Å². The number of amides is 1. The largest absolute Gasteiger partial charge is 0.339 e. The molecule has 8 heteroatoms. The van der Waals surface area contributed by atoms with Crippen molar-refractivity contribution in [3.05, 3.63) is 30.1 Å². The molecule has 1 aromatic heterocycles. The van der Waals surface area contributed by atoms with Crippen molar-refractivity contribution in [2.24, 2.45) is 0 Å². The van der Waals surface area contributed by atoms with Gasteiger partial charge in [-0.15, -0.1) is 0 Å². The number of carbonyl (C=O) groups excluding carboxylic acids is 1. The summed E-state index contributed by atoms with van der Waals surface area (Å²) in [6, 6.07) is 5.36. The highest BCUT2D eigenvalue weighted by molar-refractivity contribution is 7.88. The van der Waals surface area contributed by atoms with Crippen LogP contribution in [-0.4, -0.2) is 78.4 Å². The van der Waals surface area contributed by atoms with Crippen LogP contribution in [0.4, 0.5) is 0 Å². The van der Waals surface area contributed by atoms with Crippen molar-refractivity contribution in [2.75, 3.05) is 39.0 Å². The molecule has 0 aromatic carbocycles. The predicted octanol–water partition coefficient (Wildman–Crippen LogP) is 0.150. The summed E-state index contributed by atoms with van der Waals surface area (Å²) in [5, 5.41) is 0. The molecule has 2 saturated heterocycles. The van der Waals surface area contributed by atoms with Gasteiger partial charge in [-0.3, -0.25) is 14.7 Å². The first-order valence-corrected chi connectivity index (χ1v) is 10.2. The van der Waals surface area contributed by atoms with Crippen LogP contribution in [0.1, 0.15) is 18.5 Å². The van der Waals surface area contributed by atoms with Crippen molar-refractivity contribution in [3.8, 4) is 0 Å². The average molecular weight is 352 g/mol. The van der Waals surface area contributed by atoms with Crippen LogP contribution in [0.25, 0.3) is 0 Å². The van der Waals surface area contributed by atoms with Crippen LogP contribution < -0.4 is 0 Å². The Morgan fingerprint density at radius 3 is 2.58 bits per heavy atom. The Bertz CT molecular complexity index is 672. The first-order chi connectivity index (χ1) is 11.4. The van der Waals surface area contributed by atoms with Gasteiger partial charge in [-0.1, -0.05) is 6.07 Å². The van der Waals surface area contributed by atoms with E-state index in [9.17, 15) is 13.2 Å². The molecule has 0 saturated carbocycles. The summed E-state index contributed by atoms with van der Waals surface area (Å²) < 4.78 is 25.0. The Kier molecular flexibility index (Phi) is 5.17. The molecule has 7 nitrogen and oxygen atoms in total. The molecule has 0 bridgehead atoms. The van der Waals surface area contributed by atoms with Crippen LogP contribution in [0.5, 0.6) is 0 Å². The summed E-state index contributed by atoms with van der Waals surface area (Å²) >= 11 is 0. The third kappa shape index (κ3) is 3.93. The molecule has 0 spiro atoms. The maximum Gasteiger partial charge on any atom is 0.241 e. The fourth-order valence-electron chi connectivity index (χ4n) is 3.44. The van der Waals surface area contributed by atoms with E-state index in [4.69, 9.17) is 0 Å². The van der Waals surface area contributed by atoms with E-state index in [0.29, 0.717) is 26.1 Å². The van der Waals surface area contributed by atoms with E-state index in [2.05, 4.69) is 9.88 Å². The second-order valence-corrected chi connectivity index (χ2v) is 8.39. The third-order valence-corrected chi connectivity index (χ3v) is 6.00. The molecule has 2 fully saturated rings. The van der Waals surface area contributed by atoms with Crippen molar-refractivity contribution in [1.82, 2.24) is 19.1 Å². The van der Waals surface area contributed by atoms with Crippen molar-refractivity contribution < 1.29 is 13.2 Å². The number of hydrogen-bond donors (Lipinski definition) is 0. The van der Waals surface area contributed by atoms with Gasteiger partial charge in [0.15, 0.2) is 0 Å². The topological polar surface area (TPSA) is 73.8 Å². The number of sulfonamides is 1. The first kappa shape index (κ1) is 17.3. The van der Waals surface area contributed by atoms with Crippen LogP contribution in [0, 0.1) is 0 Å². The van der Waals surface area contributed by atoms with Crippen molar-refractivity contribution in [2.45, 2.75) is 25.4 Å². The predicted molar refractivity (Wildman–Crippen MR) is 90.7 cm³/mol. The van der Waals surface area contributed by atoms with Gasteiger partial charge < -0.3 is 4.90 Å². The Morgan fingerprint density at radius 2 is 1.96 bits per heavy atom. The van der Waals surface area contributed by atoms with Gasteiger partial charge in [-0.2, -0.15) is 4.31 Å². The fraction of sp³-hybridized carbons (Fsp3) is 0.625. The smallest absolute Gasteiger partial charge is 0.241 e. The SMILES string of the molecule is CS(=O)(=O)N1CCCC1C(=O)N1CCN(Cc2ccccn2)CC1. The summed E-state index contributed by atoms with van der Waals surface area (Å²) in [4.78, 5) is 21.1. The minimum atomic E-state index is -3.32.